The summed E-state index contributed by atoms with van der Waals surface area (Å²) in [4.78, 5) is 0. The fourth-order valence-corrected chi connectivity index (χ4v) is 0.887. The number of aliphatic hydroxyl groups excluding tert-OH is 1. The summed E-state index contributed by atoms with van der Waals surface area (Å²) < 4.78 is 14.2. The Hall–Kier alpha value is -0.160. The van der Waals surface area contributed by atoms with Gasteiger partial charge in [-0.2, -0.15) is 0 Å². The van der Waals surface area contributed by atoms with E-state index in [1.54, 1.807) is 0 Å². The van der Waals surface area contributed by atoms with Gasteiger partial charge in [0.05, 0.1) is 6.61 Å². The Balaban J connectivity index is 3.03. The van der Waals surface area contributed by atoms with E-state index in [4.69, 9.17) is 14.6 Å². The molecule has 13 heavy (non-hydrogen) atoms. The molecule has 0 aliphatic rings. The lowest BCUT2D eigenvalue weighted by molar-refractivity contribution is -0.289. The van der Waals surface area contributed by atoms with Crippen molar-refractivity contribution in [3.63, 3.8) is 0 Å². The molecule has 0 aromatic carbocycles. The van der Waals surface area contributed by atoms with Gasteiger partial charge >= 0.3 is 0 Å². The van der Waals surface area contributed by atoms with Crippen molar-refractivity contribution in [2.24, 2.45) is 0 Å². The van der Waals surface area contributed by atoms with Gasteiger partial charge in [0.15, 0.2) is 6.79 Å². The summed E-state index contributed by atoms with van der Waals surface area (Å²) in [6, 6.07) is 0. The highest BCUT2D eigenvalue weighted by Gasteiger charge is 2.01. The van der Waals surface area contributed by atoms with Crippen LogP contribution in [0.2, 0.25) is 0 Å². The summed E-state index contributed by atoms with van der Waals surface area (Å²) in [5, 5.41) is 9.01. The SMILES string of the molecule is CCCCCCOC(O)OCOC. The molecule has 0 saturated heterocycles. The van der Waals surface area contributed by atoms with E-state index in [-0.39, 0.29) is 6.79 Å². The van der Waals surface area contributed by atoms with Gasteiger partial charge in [0, 0.05) is 7.11 Å². The summed E-state index contributed by atoms with van der Waals surface area (Å²) in [5.74, 6) is 0. The van der Waals surface area contributed by atoms with E-state index in [0.717, 1.165) is 12.8 Å². The third-order valence-corrected chi connectivity index (χ3v) is 1.59. The molecule has 0 saturated carbocycles. The summed E-state index contributed by atoms with van der Waals surface area (Å²) in [5.41, 5.74) is 0. The summed E-state index contributed by atoms with van der Waals surface area (Å²) in [7, 11) is 1.49. The lowest BCUT2D eigenvalue weighted by Crippen LogP contribution is -2.18. The lowest BCUT2D eigenvalue weighted by Gasteiger charge is -2.11. The summed E-state index contributed by atoms with van der Waals surface area (Å²) in [6.07, 6.45) is 4.50. The molecule has 80 valence electrons. The van der Waals surface area contributed by atoms with Gasteiger partial charge in [0.1, 0.15) is 0 Å². The third-order valence-electron chi connectivity index (χ3n) is 1.59. The van der Waals surface area contributed by atoms with Gasteiger partial charge in [-0.3, -0.25) is 0 Å². The largest absolute Gasteiger partial charge is 0.358 e. The monoisotopic (exact) mass is 192 g/mol. The van der Waals surface area contributed by atoms with Crippen molar-refractivity contribution in [3.8, 4) is 0 Å². The molecule has 0 bridgehead atoms. The van der Waals surface area contributed by atoms with Gasteiger partial charge in [-0.25, -0.2) is 0 Å². The highest BCUT2D eigenvalue weighted by atomic mass is 16.8. The number of methoxy groups -OCH3 is 1. The Morgan fingerprint density at radius 1 is 1.15 bits per heavy atom. The van der Waals surface area contributed by atoms with E-state index < -0.39 is 6.48 Å². The quantitative estimate of drug-likeness (QED) is 0.444. The molecule has 0 spiro atoms. The maximum atomic E-state index is 9.01. The smallest absolute Gasteiger partial charge is 0.271 e. The Morgan fingerprint density at radius 3 is 2.54 bits per heavy atom. The second kappa shape index (κ2) is 9.92. The highest BCUT2D eigenvalue weighted by Crippen LogP contribution is 2.00. The van der Waals surface area contributed by atoms with E-state index in [2.05, 4.69) is 11.7 Å². The average molecular weight is 192 g/mol. The zero-order valence-corrected chi connectivity index (χ0v) is 8.49. The molecule has 0 aliphatic carbocycles. The molecule has 4 heteroatoms. The molecule has 1 unspecified atom stereocenters. The minimum Gasteiger partial charge on any atom is -0.358 e. The van der Waals surface area contributed by atoms with Crippen LogP contribution in [0.3, 0.4) is 0 Å². The number of unbranched alkanes of at least 4 members (excludes halogenated alkanes) is 3. The number of aliphatic hydroxyl groups is 1. The number of hydrogen-bond donors (Lipinski definition) is 1. The predicted octanol–water partition coefficient (Wildman–Crippen LogP) is 1.48. The average Bonchev–Trinajstić information content (AvgIpc) is 2.14. The molecule has 4 nitrogen and oxygen atoms in total. The van der Waals surface area contributed by atoms with Crippen molar-refractivity contribution in [2.45, 2.75) is 39.1 Å². The van der Waals surface area contributed by atoms with Crippen molar-refractivity contribution in [1.29, 1.82) is 0 Å². The van der Waals surface area contributed by atoms with Crippen LogP contribution < -0.4 is 0 Å². The molecule has 0 rings (SSSR count). The van der Waals surface area contributed by atoms with Crippen molar-refractivity contribution in [2.75, 3.05) is 20.5 Å². The lowest BCUT2D eigenvalue weighted by atomic mass is 10.2. The van der Waals surface area contributed by atoms with Crippen LogP contribution in [0.4, 0.5) is 0 Å². The summed E-state index contributed by atoms with van der Waals surface area (Å²) in [6.45, 7) is 1.58. The van der Waals surface area contributed by atoms with E-state index >= 15 is 0 Å². The molecule has 0 aromatic heterocycles. The Morgan fingerprint density at radius 2 is 1.92 bits per heavy atom. The van der Waals surface area contributed by atoms with E-state index in [9.17, 15) is 0 Å². The predicted molar refractivity (Wildman–Crippen MR) is 49.1 cm³/mol. The van der Waals surface area contributed by atoms with Crippen LogP contribution >= 0.6 is 0 Å². The van der Waals surface area contributed by atoms with Gasteiger partial charge in [-0.1, -0.05) is 26.2 Å². The number of rotatable bonds is 9. The van der Waals surface area contributed by atoms with Crippen LogP contribution in [0.25, 0.3) is 0 Å². The normalized spacial score (nSPS) is 13.2. The van der Waals surface area contributed by atoms with Crippen LogP contribution in [0.15, 0.2) is 0 Å². The molecular weight excluding hydrogens is 172 g/mol. The topological polar surface area (TPSA) is 47.9 Å². The van der Waals surface area contributed by atoms with Crippen molar-refractivity contribution in [1.82, 2.24) is 0 Å². The Labute approximate surface area is 79.8 Å². The second-order valence-corrected chi connectivity index (χ2v) is 2.81. The molecule has 0 fully saturated rings. The number of hydrogen-bond acceptors (Lipinski definition) is 4. The second-order valence-electron chi connectivity index (χ2n) is 2.81. The minimum atomic E-state index is -1.15. The molecule has 0 aliphatic heterocycles. The zero-order chi connectivity index (χ0) is 9.94. The van der Waals surface area contributed by atoms with E-state index in [0.29, 0.717) is 6.61 Å². The number of ether oxygens (including phenoxy) is 3. The van der Waals surface area contributed by atoms with Crippen molar-refractivity contribution in [3.05, 3.63) is 0 Å². The first-order chi connectivity index (χ1) is 6.31. The standard InChI is InChI=1S/C9H20O4/c1-3-4-5-6-7-12-9(10)13-8-11-2/h9-10H,3-8H2,1-2H3. The van der Waals surface area contributed by atoms with Gasteiger partial charge in [0.2, 0.25) is 0 Å². The first kappa shape index (κ1) is 12.8. The van der Waals surface area contributed by atoms with Crippen LogP contribution in [-0.2, 0) is 14.2 Å². The third kappa shape index (κ3) is 9.76. The van der Waals surface area contributed by atoms with Crippen LogP contribution in [0, 0.1) is 0 Å². The molecule has 1 N–H and O–H groups in total. The van der Waals surface area contributed by atoms with Crippen molar-refractivity contribution < 1.29 is 19.3 Å². The molecular formula is C9H20O4. The van der Waals surface area contributed by atoms with Gasteiger partial charge in [-0.05, 0) is 6.42 Å². The van der Waals surface area contributed by atoms with Gasteiger partial charge in [-0.15, -0.1) is 0 Å². The fraction of sp³-hybridized carbons (Fsp3) is 1.00. The fourth-order valence-electron chi connectivity index (χ4n) is 0.887. The minimum absolute atomic E-state index is 0.0517. The van der Waals surface area contributed by atoms with Crippen LogP contribution in [-0.4, -0.2) is 32.1 Å². The maximum Gasteiger partial charge on any atom is 0.271 e. The Kier molecular flexibility index (Phi) is 9.80. The van der Waals surface area contributed by atoms with Crippen LogP contribution in [0.5, 0.6) is 0 Å². The highest BCUT2D eigenvalue weighted by molar-refractivity contribution is 4.38. The van der Waals surface area contributed by atoms with Crippen LogP contribution in [0.1, 0.15) is 32.6 Å². The first-order valence-electron chi connectivity index (χ1n) is 4.71. The molecule has 0 radical (unpaired) electrons. The zero-order valence-electron chi connectivity index (χ0n) is 8.49. The van der Waals surface area contributed by atoms with E-state index in [1.807, 2.05) is 0 Å². The first-order valence-corrected chi connectivity index (χ1v) is 4.71. The summed E-state index contributed by atoms with van der Waals surface area (Å²) >= 11 is 0. The maximum absolute atomic E-state index is 9.01. The molecule has 1 atom stereocenters. The molecule has 0 heterocycles. The van der Waals surface area contributed by atoms with Crippen molar-refractivity contribution >= 4 is 0 Å². The molecule has 0 aromatic rings. The Bertz CT molecular complexity index is 97.6. The van der Waals surface area contributed by atoms with E-state index in [1.165, 1.54) is 20.0 Å². The van der Waals surface area contributed by atoms with Gasteiger partial charge in [0.25, 0.3) is 6.48 Å². The molecule has 0 amide bonds. The van der Waals surface area contributed by atoms with Gasteiger partial charge < -0.3 is 19.3 Å².